The molecule has 13 heterocycles. The van der Waals surface area contributed by atoms with Crippen LogP contribution >= 0.6 is 75.5 Å². The number of nitrogens with zero attached hydrogens (tertiary/aromatic N) is 16. The largest absolute Gasteiger partial charge is 0.492 e. The van der Waals surface area contributed by atoms with Crippen LogP contribution in [0.4, 0.5) is 23.3 Å². The summed E-state index contributed by atoms with van der Waals surface area (Å²) in [5, 5.41) is 90.8. The lowest BCUT2D eigenvalue weighted by Gasteiger charge is -2.27. The molecule has 0 spiro atoms. The molecule has 20 atom stereocenters. The fourth-order valence-electron chi connectivity index (χ4n) is 11.0. The predicted molar refractivity (Wildman–Crippen MR) is 350 cm³/mol. The number of phosphoric ester groups is 1. The van der Waals surface area contributed by atoms with Crippen LogP contribution in [0.15, 0.2) is 25.3 Å². The van der Waals surface area contributed by atoms with Crippen molar-refractivity contribution in [1.82, 2.24) is 78.1 Å². The lowest BCUT2D eigenvalue weighted by atomic mass is 10.1. The Bertz CT molecular complexity index is 4960. The molecule has 0 saturated carbocycles. The van der Waals surface area contributed by atoms with Crippen molar-refractivity contribution in [3.8, 4) is 0 Å². The number of ether oxygens (including phenoxy) is 4. The number of hydrogen-bond donors (Lipinski definition) is 19. The van der Waals surface area contributed by atoms with Gasteiger partial charge in [-0.15, -0.1) is 0 Å². The van der Waals surface area contributed by atoms with Crippen LogP contribution in [0, 0.1) is 27.7 Å². The van der Waals surface area contributed by atoms with Crippen LogP contribution in [0.25, 0.3) is 44.7 Å². The van der Waals surface area contributed by atoms with Crippen LogP contribution in [0.5, 0.6) is 0 Å². The predicted octanol–water partition coefficient (Wildman–Crippen LogP) is -2.33. The van der Waals surface area contributed by atoms with E-state index >= 15 is 0 Å². The fourth-order valence-corrected chi connectivity index (χ4v) is 19.6. The number of phosphoric acid groups is 6. The van der Waals surface area contributed by atoms with Crippen molar-refractivity contribution in [2.45, 2.75) is 126 Å². The smallest absolute Gasteiger partial charge is 0.394 e. The van der Waals surface area contributed by atoms with Gasteiger partial charge >= 0.3 is 53.0 Å². The molecular formula is C44H63Cl2N20O34P7. The first-order valence-electron chi connectivity index (χ1n) is 29.6. The molecule has 0 aromatic carbocycles. The van der Waals surface area contributed by atoms with Crippen molar-refractivity contribution in [3.05, 3.63) is 48.6 Å². The monoisotopic (exact) mass is 1700 g/mol. The zero-order valence-corrected chi connectivity index (χ0v) is 62.0. The van der Waals surface area contributed by atoms with Gasteiger partial charge in [-0.3, -0.25) is 31.9 Å². The molecule has 8 aromatic heterocycles. The van der Waals surface area contributed by atoms with Gasteiger partial charge in [-0.25, -0.2) is 87.2 Å². The molecule has 13 rings (SSSR count). The molecule has 5 fully saturated rings. The summed E-state index contributed by atoms with van der Waals surface area (Å²) in [4.78, 5) is 103. The van der Waals surface area contributed by atoms with Crippen LogP contribution in [0.2, 0.25) is 0 Å². The molecule has 0 bridgehead atoms. The number of aliphatic hydroxyl groups is 9. The minimum Gasteiger partial charge on any atom is -0.394 e. The number of imidazole rings is 4. The molecule has 0 aliphatic carbocycles. The number of hydrogen-bond acceptors (Lipinski definition) is 44. The summed E-state index contributed by atoms with van der Waals surface area (Å²) in [6.45, 7) is 3.92. The van der Waals surface area contributed by atoms with E-state index in [2.05, 4.69) is 85.9 Å². The van der Waals surface area contributed by atoms with Gasteiger partial charge in [-0.2, -0.15) is 21.6 Å². The standard InChI is InChI=1S/C11H14Cl2N5O5P.C11H18N5O13P3.C11H16N5O12P3.C11H15N5O4/c1-4-17-6-9(14)15-3-16-10(6)18(4)11-8(20)7(19)5(23-11)2-22-24(12,13)21;1-4-15-6-9(12)13-3-14-10(6)16(4)11-8(18)7(17)5(27-11)2-26-31(22,23)29-32(24,25)28-30(19,20)21;1-4-15-6-9(12)13-3-14-10(6)16(4)11-8(18)7(17)5(25-11)2-24-31(23)27-29(19,20)26-30(21,22)28-31;1-4-15-6-9(12)13-3-14-10(6)16(4)11-8(19)7(18)5(2-17)20-11/h3,5,7-8,11,19-20H,2H2,1H3,(H2,14,15,16);3,5,7-8,11,17-18H,2H2,1H3,(H,22,23)(H,24,25)(H2,12,13,14)(H2,19,20,21);3,5,7-8,11,17-18H,2H2,1H3,(H,19,20)(H,21,22)(H2,12,13,14);3,5,7-8,11,17-19H,2H2,1H3,(H2,12,13,14)/t4*5-,7+,8?,11-/m1111/s1. The normalized spacial score (nSPS) is 32.2. The van der Waals surface area contributed by atoms with E-state index in [0.29, 0.717) is 39.8 Å². The molecule has 63 heteroatoms. The first-order chi connectivity index (χ1) is 49.6. The SMILES string of the molecule is Cc1nc2c(N)ncnc2n1[C@@H]1O[C@H](CO)[C@H](O)C1O.Cc1nc2c(N)ncnc2n1[C@@H]1O[C@H](COP(=O)(Cl)Cl)[C@H](O)C1O.Cc1nc2c(N)ncnc2n1[C@@H]1O[C@H](COP(=O)(O)OP(=O)(O)OP(=O)(O)O)[C@H](O)C1O.Cc1nc2c(N)ncnc2n1[C@@H]1O[C@H](COP2(=O)OP(=O)(O)OP(=O)(O)O2)[C@H](O)C1O. The second-order valence-corrected chi connectivity index (χ2v) is 36.4. The quantitative estimate of drug-likeness (QED) is 0.0401. The molecule has 23 N–H and O–H groups in total. The van der Waals surface area contributed by atoms with Crippen LogP contribution in [-0.2, 0) is 86.0 Å². The van der Waals surface area contributed by atoms with Gasteiger partial charge in [-0.1, -0.05) is 0 Å². The van der Waals surface area contributed by atoms with E-state index in [0.717, 1.165) is 6.33 Å². The summed E-state index contributed by atoms with van der Waals surface area (Å²) in [6.07, 6.45) is -19.5. The molecule has 5 aliphatic rings. The summed E-state index contributed by atoms with van der Waals surface area (Å²) in [7, 11) is -32.2. The van der Waals surface area contributed by atoms with E-state index in [1.165, 1.54) is 44.2 Å². The minimum atomic E-state index is -5.71. The third-order valence-corrected chi connectivity index (χ3v) is 25.7. The van der Waals surface area contributed by atoms with E-state index in [9.17, 15) is 87.5 Å². The molecule has 54 nitrogen and oxygen atoms in total. The van der Waals surface area contributed by atoms with E-state index in [4.69, 9.17) is 93.2 Å². The molecular weight excluding hydrogens is 1640 g/mol. The summed E-state index contributed by atoms with van der Waals surface area (Å²) in [5.74, 6) is 2.09. The molecule has 8 unspecified atom stereocenters. The molecule has 107 heavy (non-hydrogen) atoms. The topological polar surface area (TPSA) is 812 Å². The molecule has 8 aromatic rings. The summed E-state index contributed by atoms with van der Waals surface area (Å²) < 4.78 is 141. The number of aromatic nitrogens is 16. The van der Waals surface area contributed by atoms with Crippen molar-refractivity contribution in [2.24, 2.45) is 0 Å². The maximum Gasteiger partial charge on any atom is 0.492 e. The minimum absolute atomic E-state index is 0.0501. The van der Waals surface area contributed by atoms with E-state index in [-0.39, 0.29) is 58.0 Å². The Labute approximate surface area is 604 Å². The first-order valence-corrected chi connectivity index (χ1v) is 42.0. The lowest BCUT2D eigenvalue weighted by molar-refractivity contribution is -0.0519. The van der Waals surface area contributed by atoms with E-state index in [1.807, 2.05) is 0 Å². The van der Waals surface area contributed by atoms with Gasteiger partial charge in [0.15, 0.2) is 92.8 Å². The second kappa shape index (κ2) is 31.9. The van der Waals surface area contributed by atoms with Gasteiger partial charge in [0.25, 0.3) is 0 Å². The highest BCUT2D eigenvalue weighted by atomic mass is 35.9. The third kappa shape index (κ3) is 18.7. The molecule has 0 amide bonds. The van der Waals surface area contributed by atoms with E-state index in [1.54, 1.807) is 20.8 Å². The Morgan fingerprint density at radius 2 is 0.729 bits per heavy atom. The Morgan fingerprint density at radius 1 is 0.439 bits per heavy atom. The van der Waals surface area contributed by atoms with Crippen molar-refractivity contribution in [3.63, 3.8) is 0 Å². The number of halogens is 2. The maximum atomic E-state index is 12.3. The molecule has 592 valence electrons. The Hall–Kier alpha value is -5.49. The Morgan fingerprint density at radius 3 is 1.02 bits per heavy atom. The number of nitrogens with two attached hydrogens (primary N) is 4. The molecule has 5 aliphatic heterocycles. The van der Waals surface area contributed by atoms with Crippen molar-refractivity contribution in [1.29, 1.82) is 0 Å². The van der Waals surface area contributed by atoms with Crippen molar-refractivity contribution < 1.29 is 161 Å². The van der Waals surface area contributed by atoms with Gasteiger partial charge in [0.2, 0.25) is 0 Å². The van der Waals surface area contributed by atoms with Gasteiger partial charge in [-0.05, 0) is 50.2 Å². The highest BCUT2D eigenvalue weighted by Gasteiger charge is 2.56. The van der Waals surface area contributed by atoms with Crippen LogP contribution in [0.3, 0.4) is 0 Å². The number of aliphatic hydroxyl groups excluding tert-OH is 9. The summed E-state index contributed by atoms with van der Waals surface area (Å²) in [6, 6.07) is 0. The van der Waals surface area contributed by atoms with Crippen LogP contribution < -0.4 is 22.9 Å². The maximum absolute atomic E-state index is 12.3. The average Bonchev–Trinajstić information content (AvgIpc) is 1.62. The average molecular weight is 1700 g/mol. The number of anilines is 4. The second-order valence-electron chi connectivity index (χ2n) is 22.7. The van der Waals surface area contributed by atoms with Gasteiger partial charge in [0.05, 0.1) is 26.4 Å². The third-order valence-electron chi connectivity index (χ3n) is 15.5. The number of rotatable bonds is 18. The summed E-state index contributed by atoms with van der Waals surface area (Å²) >= 11 is 10.6. The summed E-state index contributed by atoms with van der Waals surface area (Å²) in [5.41, 5.74) is 25.3. The number of nitrogen functional groups attached to an aromatic ring is 4. The zero-order chi connectivity index (χ0) is 78.9. The van der Waals surface area contributed by atoms with Gasteiger partial charge in [0, 0.05) is 0 Å². The molecule has 5 saturated heterocycles. The highest BCUT2D eigenvalue weighted by Crippen LogP contribution is 2.80. The van der Waals surface area contributed by atoms with Gasteiger partial charge < -0.3 is 122 Å². The Balaban J connectivity index is 0.000000155. The molecule has 0 radical (unpaired) electrons. The number of fused-ring (bicyclic) bond motifs is 4. The lowest BCUT2D eigenvalue weighted by Crippen LogP contribution is -2.34. The van der Waals surface area contributed by atoms with Crippen LogP contribution in [0.1, 0.15) is 48.2 Å². The zero-order valence-electron chi connectivity index (χ0n) is 54.2. The van der Waals surface area contributed by atoms with Crippen molar-refractivity contribution >= 4 is 143 Å². The van der Waals surface area contributed by atoms with Gasteiger partial charge in [0.1, 0.15) is 122 Å². The fraction of sp³-hybridized carbons (Fsp3) is 0.545. The number of aryl methyl sites for hydroxylation is 4. The Kier molecular flexibility index (Phi) is 25.1. The van der Waals surface area contributed by atoms with Crippen LogP contribution in [-0.4, -0.2) is 253 Å². The van der Waals surface area contributed by atoms with E-state index < -0.39 is 171 Å². The van der Waals surface area contributed by atoms with Crippen molar-refractivity contribution in [2.75, 3.05) is 49.4 Å². The first kappa shape index (κ1) is 84.0. The highest BCUT2D eigenvalue weighted by molar-refractivity contribution is 8.05.